The molecule has 0 spiro atoms. The Hall–Kier alpha value is -1.46. The van der Waals surface area contributed by atoms with Gasteiger partial charge in [-0.2, -0.15) is 5.10 Å². The molecule has 0 atom stereocenters. The van der Waals surface area contributed by atoms with Crippen molar-refractivity contribution in [3.63, 3.8) is 0 Å². The standard InChI is InChI=1S/C14H17FN4.ClH/c15-12-3-1-2-10(8-12)9-13-17-14(19-18-13)11-4-6-16-7-5-11;/h1-3,8,11,16H,4-7,9H2,(H,17,18,19);1H. The molecule has 0 unspecified atom stereocenters. The van der Waals surface area contributed by atoms with Crippen molar-refractivity contribution in [3.8, 4) is 0 Å². The van der Waals surface area contributed by atoms with E-state index >= 15 is 0 Å². The summed E-state index contributed by atoms with van der Waals surface area (Å²) in [5, 5.41) is 10.6. The van der Waals surface area contributed by atoms with E-state index in [-0.39, 0.29) is 18.2 Å². The van der Waals surface area contributed by atoms with E-state index in [4.69, 9.17) is 0 Å². The van der Waals surface area contributed by atoms with E-state index in [0.29, 0.717) is 12.3 Å². The van der Waals surface area contributed by atoms with Gasteiger partial charge in [-0.15, -0.1) is 12.4 Å². The zero-order valence-electron chi connectivity index (χ0n) is 11.1. The van der Waals surface area contributed by atoms with Crippen LogP contribution in [0.15, 0.2) is 24.3 Å². The van der Waals surface area contributed by atoms with Gasteiger partial charge in [0, 0.05) is 12.3 Å². The SMILES string of the molecule is Cl.Fc1cccc(Cc2nc(C3CCNCC3)n[nH]2)c1. The molecule has 3 rings (SSSR count). The van der Waals surface area contributed by atoms with Crippen LogP contribution in [0.25, 0.3) is 0 Å². The lowest BCUT2D eigenvalue weighted by atomic mass is 9.98. The third kappa shape index (κ3) is 3.55. The lowest BCUT2D eigenvalue weighted by molar-refractivity contribution is 0.446. The largest absolute Gasteiger partial charge is 0.317 e. The van der Waals surface area contributed by atoms with E-state index in [0.717, 1.165) is 43.1 Å². The zero-order valence-corrected chi connectivity index (χ0v) is 11.9. The second-order valence-electron chi connectivity index (χ2n) is 4.97. The molecule has 1 saturated heterocycles. The molecule has 0 bridgehead atoms. The molecular weight excluding hydrogens is 279 g/mol. The molecule has 108 valence electrons. The number of aromatic amines is 1. The minimum Gasteiger partial charge on any atom is -0.317 e. The fourth-order valence-electron chi connectivity index (χ4n) is 2.49. The van der Waals surface area contributed by atoms with Crippen molar-refractivity contribution in [1.82, 2.24) is 20.5 Å². The van der Waals surface area contributed by atoms with Crippen molar-refractivity contribution in [2.45, 2.75) is 25.2 Å². The lowest BCUT2D eigenvalue weighted by Crippen LogP contribution is -2.27. The summed E-state index contributed by atoms with van der Waals surface area (Å²) in [7, 11) is 0. The van der Waals surface area contributed by atoms with Gasteiger partial charge in [0.05, 0.1) is 0 Å². The zero-order chi connectivity index (χ0) is 13.1. The minimum absolute atomic E-state index is 0. The monoisotopic (exact) mass is 296 g/mol. The summed E-state index contributed by atoms with van der Waals surface area (Å²) in [6.07, 6.45) is 2.75. The number of halogens is 2. The molecule has 0 amide bonds. The van der Waals surface area contributed by atoms with Crippen LogP contribution in [-0.4, -0.2) is 28.3 Å². The molecule has 0 radical (unpaired) electrons. The molecule has 6 heteroatoms. The van der Waals surface area contributed by atoms with E-state index in [1.165, 1.54) is 12.1 Å². The van der Waals surface area contributed by atoms with Crippen molar-refractivity contribution in [1.29, 1.82) is 0 Å². The first-order valence-corrected chi connectivity index (χ1v) is 6.67. The summed E-state index contributed by atoms with van der Waals surface area (Å²) < 4.78 is 13.1. The van der Waals surface area contributed by atoms with Crippen LogP contribution in [0.5, 0.6) is 0 Å². The van der Waals surface area contributed by atoms with Crippen LogP contribution in [0.4, 0.5) is 4.39 Å². The fraction of sp³-hybridized carbons (Fsp3) is 0.429. The number of H-pyrrole nitrogens is 1. The average Bonchev–Trinajstić information content (AvgIpc) is 2.88. The number of benzene rings is 1. The van der Waals surface area contributed by atoms with Crippen LogP contribution in [0.2, 0.25) is 0 Å². The molecule has 4 nitrogen and oxygen atoms in total. The number of aromatic nitrogens is 3. The average molecular weight is 297 g/mol. The van der Waals surface area contributed by atoms with E-state index < -0.39 is 0 Å². The first-order chi connectivity index (χ1) is 9.31. The quantitative estimate of drug-likeness (QED) is 0.914. The van der Waals surface area contributed by atoms with Crippen LogP contribution < -0.4 is 5.32 Å². The number of hydrogen-bond donors (Lipinski definition) is 2. The van der Waals surface area contributed by atoms with Gasteiger partial charge in [-0.3, -0.25) is 5.10 Å². The van der Waals surface area contributed by atoms with Gasteiger partial charge in [-0.05, 0) is 43.6 Å². The first kappa shape index (κ1) is 14.9. The maximum Gasteiger partial charge on any atom is 0.153 e. The van der Waals surface area contributed by atoms with E-state index in [2.05, 4.69) is 20.5 Å². The van der Waals surface area contributed by atoms with Gasteiger partial charge in [-0.25, -0.2) is 9.37 Å². The van der Waals surface area contributed by atoms with Crippen LogP contribution >= 0.6 is 12.4 Å². The van der Waals surface area contributed by atoms with Gasteiger partial charge in [0.1, 0.15) is 11.6 Å². The molecule has 20 heavy (non-hydrogen) atoms. The summed E-state index contributed by atoms with van der Waals surface area (Å²) >= 11 is 0. The third-order valence-electron chi connectivity index (χ3n) is 3.51. The summed E-state index contributed by atoms with van der Waals surface area (Å²) in [6, 6.07) is 6.60. The van der Waals surface area contributed by atoms with Crippen LogP contribution in [0.3, 0.4) is 0 Å². The van der Waals surface area contributed by atoms with Crippen LogP contribution in [0, 0.1) is 5.82 Å². The van der Waals surface area contributed by atoms with Gasteiger partial charge in [-0.1, -0.05) is 12.1 Å². The van der Waals surface area contributed by atoms with E-state index in [9.17, 15) is 4.39 Å². The van der Waals surface area contributed by atoms with Gasteiger partial charge in [0.25, 0.3) is 0 Å². The molecule has 2 heterocycles. The highest BCUT2D eigenvalue weighted by molar-refractivity contribution is 5.85. The third-order valence-corrected chi connectivity index (χ3v) is 3.51. The van der Waals surface area contributed by atoms with Crippen molar-refractivity contribution in [2.24, 2.45) is 0 Å². The second kappa shape index (κ2) is 6.81. The highest BCUT2D eigenvalue weighted by Gasteiger charge is 2.19. The molecule has 0 saturated carbocycles. The Morgan fingerprint density at radius 3 is 2.80 bits per heavy atom. The molecule has 1 aromatic carbocycles. The molecule has 2 N–H and O–H groups in total. The van der Waals surface area contributed by atoms with Crippen molar-refractivity contribution >= 4 is 12.4 Å². The Labute approximate surface area is 123 Å². The highest BCUT2D eigenvalue weighted by Crippen LogP contribution is 2.22. The van der Waals surface area contributed by atoms with E-state index in [1.807, 2.05) is 6.07 Å². The van der Waals surface area contributed by atoms with Gasteiger partial charge >= 0.3 is 0 Å². The number of hydrogen-bond acceptors (Lipinski definition) is 3. The summed E-state index contributed by atoms with van der Waals surface area (Å²) in [5.74, 6) is 1.93. The van der Waals surface area contributed by atoms with Crippen molar-refractivity contribution in [2.75, 3.05) is 13.1 Å². The molecule has 1 aromatic heterocycles. The maximum absolute atomic E-state index is 13.1. The number of rotatable bonds is 3. The number of nitrogens with zero attached hydrogens (tertiary/aromatic N) is 2. The number of nitrogens with one attached hydrogen (secondary N) is 2. The van der Waals surface area contributed by atoms with Crippen LogP contribution in [-0.2, 0) is 6.42 Å². The topological polar surface area (TPSA) is 53.6 Å². The molecule has 1 aliphatic heterocycles. The smallest absolute Gasteiger partial charge is 0.153 e. The lowest BCUT2D eigenvalue weighted by Gasteiger charge is -2.19. The highest BCUT2D eigenvalue weighted by atomic mass is 35.5. The van der Waals surface area contributed by atoms with Gasteiger partial charge in [0.15, 0.2) is 5.82 Å². The Bertz CT molecular complexity index is 552. The molecule has 1 fully saturated rings. The predicted molar refractivity (Wildman–Crippen MR) is 77.7 cm³/mol. The maximum atomic E-state index is 13.1. The van der Waals surface area contributed by atoms with Crippen LogP contribution in [0.1, 0.15) is 36.0 Å². The van der Waals surface area contributed by atoms with Gasteiger partial charge in [0.2, 0.25) is 0 Å². The Kier molecular flexibility index (Phi) is 5.09. The predicted octanol–water partition coefficient (Wildman–Crippen LogP) is 2.42. The van der Waals surface area contributed by atoms with E-state index in [1.54, 1.807) is 6.07 Å². The molecule has 0 aliphatic carbocycles. The Morgan fingerprint density at radius 2 is 2.05 bits per heavy atom. The summed E-state index contributed by atoms with van der Waals surface area (Å²) in [6.45, 7) is 2.05. The number of piperidine rings is 1. The molecular formula is C14H18ClFN4. The fourth-order valence-corrected chi connectivity index (χ4v) is 2.49. The molecule has 2 aromatic rings. The Morgan fingerprint density at radius 1 is 1.25 bits per heavy atom. The van der Waals surface area contributed by atoms with Crippen molar-refractivity contribution < 1.29 is 4.39 Å². The first-order valence-electron chi connectivity index (χ1n) is 6.67. The normalized spacial score (nSPS) is 15.8. The van der Waals surface area contributed by atoms with Crippen molar-refractivity contribution in [3.05, 3.63) is 47.3 Å². The Balaban J connectivity index is 0.00000147. The molecule has 1 aliphatic rings. The second-order valence-corrected chi connectivity index (χ2v) is 4.97. The summed E-state index contributed by atoms with van der Waals surface area (Å²) in [5.41, 5.74) is 0.910. The van der Waals surface area contributed by atoms with Gasteiger partial charge < -0.3 is 5.32 Å². The minimum atomic E-state index is -0.212. The summed E-state index contributed by atoms with van der Waals surface area (Å²) in [4.78, 5) is 4.54.